The molecule has 0 aliphatic heterocycles. The van der Waals surface area contributed by atoms with Gasteiger partial charge in [0, 0.05) is 12.0 Å². The molecule has 0 saturated heterocycles. The molecule has 0 atom stereocenters. The third-order valence-electron chi connectivity index (χ3n) is 2.70. The Labute approximate surface area is 131 Å². The van der Waals surface area contributed by atoms with E-state index in [1.54, 1.807) is 18.3 Å². The number of aldehydes is 1. The van der Waals surface area contributed by atoms with E-state index in [1.807, 2.05) is 13.8 Å². The van der Waals surface area contributed by atoms with Crippen LogP contribution in [0.1, 0.15) is 13.8 Å². The van der Waals surface area contributed by atoms with Crippen molar-refractivity contribution in [3.63, 3.8) is 0 Å². The first kappa shape index (κ1) is 16.5. The van der Waals surface area contributed by atoms with Crippen molar-refractivity contribution in [2.45, 2.75) is 18.2 Å². The van der Waals surface area contributed by atoms with Crippen LogP contribution in [0.3, 0.4) is 0 Å². The average Bonchev–Trinajstić information content (AvgIpc) is 2.96. The van der Waals surface area contributed by atoms with Gasteiger partial charge in [-0.3, -0.25) is 4.98 Å². The van der Waals surface area contributed by atoms with Crippen molar-refractivity contribution in [2.24, 2.45) is 10.6 Å². The molecule has 0 aromatic carbocycles. The van der Waals surface area contributed by atoms with E-state index in [1.165, 1.54) is 0 Å². The van der Waals surface area contributed by atoms with Crippen LogP contribution < -0.4 is 10.5 Å². The number of primary sulfonamides is 1. The lowest BCUT2D eigenvalue weighted by atomic mass is 9.96. The van der Waals surface area contributed by atoms with Crippen LogP contribution in [0.4, 0.5) is 5.69 Å². The Kier molecular flexibility index (Phi) is 4.54. The van der Waals surface area contributed by atoms with Crippen molar-refractivity contribution in [3.05, 3.63) is 18.3 Å². The van der Waals surface area contributed by atoms with Gasteiger partial charge in [0.05, 0.1) is 11.9 Å². The highest BCUT2D eigenvalue weighted by Gasteiger charge is 2.17. The van der Waals surface area contributed by atoms with E-state index in [9.17, 15) is 13.2 Å². The highest BCUT2D eigenvalue weighted by atomic mass is 32.2. The van der Waals surface area contributed by atoms with Crippen molar-refractivity contribution in [1.29, 1.82) is 0 Å². The second-order valence-electron chi connectivity index (χ2n) is 5.31. The molecule has 2 aromatic rings. The van der Waals surface area contributed by atoms with Crippen LogP contribution in [0.2, 0.25) is 0 Å². The lowest BCUT2D eigenvalue weighted by molar-refractivity contribution is -0.114. The normalized spacial score (nSPS) is 12.1. The number of rotatable bonds is 6. The summed E-state index contributed by atoms with van der Waals surface area (Å²) in [7, 11) is -3.85. The van der Waals surface area contributed by atoms with Crippen LogP contribution in [0.5, 0.6) is 0 Å². The second-order valence-corrected chi connectivity index (χ2v) is 8.02. The lowest BCUT2D eigenvalue weighted by Gasteiger charge is -2.17. The number of hydrogen-bond donors (Lipinski definition) is 2. The summed E-state index contributed by atoms with van der Waals surface area (Å²) >= 11 is 0.856. The largest absolute Gasteiger partial charge is 0.383 e. The number of hydrogen-bond acceptors (Lipinski definition) is 8. The molecule has 22 heavy (non-hydrogen) atoms. The monoisotopic (exact) mass is 341 g/mol. The third kappa shape index (κ3) is 4.06. The molecule has 2 rings (SSSR count). The van der Waals surface area contributed by atoms with E-state index >= 15 is 0 Å². The summed E-state index contributed by atoms with van der Waals surface area (Å²) in [6.07, 6.45) is 2.46. The summed E-state index contributed by atoms with van der Waals surface area (Å²) in [6.45, 7) is 4.13. The topological polar surface area (TPSA) is 128 Å². The molecule has 0 amide bonds. The average molecular weight is 341 g/mol. The molecule has 10 heteroatoms. The van der Waals surface area contributed by atoms with Gasteiger partial charge in [-0.05, 0) is 12.1 Å². The third-order valence-corrected chi connectivity index (χ3v) is 4.96. The van der Waals surface area contributed by atoms with Crippen molar-refractivity contribution in [3.8, 4) is 10.7 Å². The fourth-order valence-electron chi connectivity index (χ4n) is 1.42. The van der Waals surface area contributed by atoms with Gasteiger partial charge >= 0.3 is 0 Å². The Balaban J connectivity index is 2.12. The lowest BCUT2D eigenvalue weighted by Crippen LogP contribution is -2.24. The Morgan fingerprint density at radius 3 is 2.59 bits per heavy atom. The van der Waals surface area contributed by atoms with Gasteiger partial charge in [0.25, 0.3) is 10.0 Å². The minimum absolute atomic E-state index is 0.251. The van der Waals surface area contributed by atoms with E-state index in [-0.39, 0.29) is 4.34 Å². The first-order valence-electron chi connectivity index (χ1n) is 6.24. The zero-order valence-electron chi connectivity index (χ0n) is 12.0. The molecule has 0 bridgehead atoms. The molecular formula is C12H15N5O3S2. The summed E-state index contributed by atoms with van der Waals surface area (Å²) in [5, 5.41) is 15.7. The molecule has 8 nitrogen and oxygen atoms in total. The number of pyridine rings is 1. The minimum atomic E-state index is -3.85. The summed E-state index contributed by atoms with van der Waals surface area (Å²) in [6, 6.07) is 3.45. The number of nitrogens with zero attached hydrogens (tertiary/aromatic N) is 3. The van der Waals surface area contributed by atoms with Crippen LogP contribution in [0, 0.1) is 5.41 Å². The van der Waals surface area contributed by atoms with Gasteiger partial charge in [-0.1, -0.05) is 25.2 Å². The molecule has 0 saturated carbocycles. The number of nitrogens with one attached hydrogen (secondary N) is 1. The standard InChI is InChI=1S/C12H15N5O3S2/c1-12(2,7-18)6-15-8-3-4-9(14-5-8)10-16-17-11(21-10)22(13,19)20/h3-5,7,15H,6H2,1-2H3,(H2,13,19,20). The summed E-state index contributed by atoms with van der Waals surface area (Å²) in [4.78, 5) is 15.0. The van der Waals surface area contributed by atoms with E-state index < -0.39 is 15.4 Å². The molecule has 2 heterocycles. The Morgan fingerprint density at radius 1 is 1.36 bits per heavy atom. The summed E-state index contributed by atoms with van der Waals surface area (Å²) in [5.41, 5.74) is 0.768. The number of aromatic nitrogens is 3. The first-order valence-corrected chi connectivity index (χ1v) is 8.60. The smallest absolute Gasteiger partial charge is 0.267 e. The van der Waals surface area contributed by atoms with Crippen LogP contribution in [0.25, 0.3) is 10.7 Å². The second kappa shape index (κ2) is 6.07. The molecule has 3 N–H and O–H groups in total. The first-order chi connectivity index (χ1) is 10.2. The summed E-state index contributed by atoms with van der Waals surface area (Å²) in [5.74, 6) is 0. The Hall–Kier alpha value is -1.91. The molecule has 0 radical (unpaired) electrons. The summed E-state index contributed by atoms with van der Waals surface area (Å²) < 4.78 is 22.1. The SMILES string of the molecule is CC(C)(C=O)CNc1ccc(-c2nnc(S(N)(=O)=O)s2)nc1. The quantitative estimate of drug-likeness (QED) is 0.746. The van der Waals surface area contributed by atoms with Gasteiger partial charge < -0.3 is 10.1 Å². The van der Waals surface area contributed by atoms with Crippen LogP contribution in [-0.2, 0) is 14.8 Å². The van der Waals surface area contributed by atoms with Gasteiger partial charge in [-0.25, -0.2) is 13.6 Å². The number of anilines is 1. The van der Waals surface area contributed by atoms with E-state index in [2.05, 4.69) is 20.5 Å². The van der Waals surface area contributed by atoms with Gasteiger partial charge in [0.15, 0.2) is 5.01 Å². The van der Waals surface area contributed by atoms with Crippen molar-refractivity contribution in [1.82, 2.24) is 15.2 Å². The molecular weight excluding hydrogens is 326 g/mol. The van der Waals surface area contributed by atoms with Gasteiger partial charge in [-0.15, -0.1) is 10.2 Å². The maximum Gasteiger partial charge on any atom is 0.267 e. The van der Waals surface area contributed by atoms with Gasteiger partial charge in [-0.2, -0.15) is 0 Å². The molecule has 0 spiro atoms. The number of carbonyl (C=O) groups excluding carboxylic acids is 1. The molecule has 2 aromatic heterocycles. The van der Waals surface area contributed by atoms with Gasteiger partial charge in [0.2, 0.25) is 4.34 Å². The fraction of sp³-hybridized carbons (Fsp3) is 0.333. The molecule has 0 unspecified atom stereocenters. The number of nitrogens with two attached hydrogens (primary N) is 1. The predicted octanol–water partition coefficient (Wildman–Crippen LogP) is 0.885. The molecule has 0 fully saturated rings. The molecule has 118 valence electrons. The van der Waals surface area contributed by atoms with E-state index in [0.29, 0.717) is 17.2 Å². The molecule has 0 aliphatic rings. The zero-order chi connectivity index (χ0) is 16.4. The highest BCUT2D eigenvalue weighted by molar-refractivity contribution is 7.91. The van der Waals surface area contributed by atoms with Gasteiger partial charge in [0.1, 0.15) is 12.0 Å². The fourth-order valence-corrected chi connectivity index (χ4v) is 2.83. The zero-order valence-corrected chi connectivity index (χ0v) is 13.6. The highest BCUT2D eigenvalue weighted by Crippen LogP contribution is 2.24. The minimum Gasteiger partial charge on any atom is -0.383 e. The maximum atomic E-state index is 11.2. The van der Waals surface area contributed by atoms with Crippen molar-refractivity contribution in [2.75, 3.05) is 11.9 Å². The number of carbonyl (C=O) groups is 1. The maximum absolute atomic E-state index is 11.2. The van der Waals surface area contributed by atoms with E-state index in [0.717, 1.165) is 23.3 Å². The Morgan fingerprint density at radius 2 is 2.09 bits per heavy atom. The number of sulfonamides is 1. The van der Waals surface area contributed by atoms with Crippen LogP contribution in [0.15, 0.2) is 22.7 Å². The predicted molar refractivity (Wildman–Crippen MR) is 82.8 cm³/mol. The molecule has 0 aliphatic carbocycles. The van der Waals surface area contributed by atoms with Crippen molar-refractivity contribution < 1.29 is 13.2 Å². The van der Waals surface area contributed by atoms with E-state index in [4.69, 9.17) is 5.14 Å². The van der Waals surface area contributed by atoms with Crippen molar-refractivity contribution >= 4 is 33.3 Å². The Bertz CT molecular complexity index is 768. The van der Waals surface area contributed by atoms with Crippen LogP contribution in [-0.4, -0.2) is 36.4 Å². The van der Waals surface area contributed by atoms with Crippen LogP contribution >= 0.6 is 11.3 Å².